The number of nitrogens with two attached hydrogens (primary N) is 1. The van der Waals surface area contributed by atoms with E-state index in [4.69, 9.17) is 10.5 Å². The Morgan fingerprint density at radius 2 is 2.50 bits per heavy atom. The van der Waals surface area contributed by atoms with Crippen LogP contribution in [-0.2, 0) is 18.2 Å². The van der Waals surface area contributed by atoms with Gasteiger partial charge in [-0.25, -0.2) is 4.68 Å². The van der Waals surface area contributed by atoms with Gasteiger partial charge in [-0.15, -0.1) is 0 Å². The highest BCUT2D eigenvalue weighted by molar-refractivity contribution is 5.15. The summed E-state index contributed by atoms with van der Waals surface area (Å²) in [4.78, 5) is 4.15. The Labute approximate surface area is 83.3 Å². The molecule has 1 aliphatic heterocycles. The summed E-state index contributed by atoms with van der Waals surface area (Å²) in [5, 5.41) is 4.20. The molecule has 0 saturated carbocycles. The molecule has 2 rings (SSSR count). The van der Waals surface area contributed by atoms with Gasteiger partial charge in [0.15, 0.2) is 5.82 Å². The van der Waals surface area contributed by atoms with Crippen LogP contribution in [0, 0.1) is 0 Å². The molecule has 1 unspecified atom stereocenters. The number of nitrogen functional groups attached to an aromatic ring is 1. The summed E-state index contributed by atoms with van der Waals surface area (Å²) in [6, 6.07) is 0. The first-order valence-corrected chi connectivity index (χ1v) is 5.02. The standard InChI is InChI=1S/C9H16N4O/c1-13-9(10)11-8(12-13)5-4-7-3-2-6-14-7/h7H,2-6H2,1H3,(H2,10,11,12). The predicted octanol–water partition coefficient (Wildman–Crippen LogP) is 0.509. The molecule has 0 amide bonds. The maximum absolute atomic E-state index is 5.58. The molecule has 1 saturated heterocycles. The highest BCUT2D eigenvalue weighted by Gasteiger charge is 2.16. The monoisotopic (exact) mass is 196 g/mol. The van der Waals surface area contributed by atoms with Crippen molar-refractivity contribution in [2.75, 3.05) is 12.3 Å². The number of hydrogen-bond acceptors (Lipinski definition) is 4. The van der Waals surface area contributed by atoms with Gasteiger partial charge >= 0.3 is 0 Å². The maximum atomic E-state index is 5.58. The van der Waals surface area contributed by atoms with Crippen LogP contribution >= 0.6 is 0 Å². The van der Waals surface area contributed by atoms with Gasteiger partial charge in [0.25, 0.3) is 0 Å². The average molecular weight is 196 g/mol. The molecule has 0 spiro atoms. The summed E-state index contributed by atoms with van der Waals surface area (Å²) in [5.74, 6) is 1.30. The molecule has 0 radical (unpaired) electrons. The van der Waals surface area contributed by atoms with E-state index in [0.717, 1.165) is 25.3 Å². The summed E-state index contributed by atoms with van der Waals surface area (Å²) in [5.41, 5.74) is 5.58. The predicted molar refractivity (Wildman–Crippen MR) is 52.7 cm³/mol. The molecule has 2 heterocycles. The second kappa shape index (κ2) is 3.96. The summed E-state index contributed by atoms with van der Waals surface area (Å²) in [6.45, 7) is 0.905. The van der Waals surface area contributed by atoms with E-state index in [1.807, 2.05) is 0 Å². The SMILES string of the molecule is Cn1nc(CCC2CCCO2)nc1N. The van der Waals surface area contributed by atoms with Gasteiger partial charge in [0, 0.05) is 20.1 Å². The van der Waals surface area contributed by atoms with E-state index >= 15 is 0 Å². The summed E-state index contributed by atoms with van der Waals surface area (Å²) < 4.78 is 7.12. The van der Waals surface area contributed by atoms with Gasteiger partial charge in [-0.05, 0) is 19.3 Å². The lowest BCUT2D eigenvalue weighted by atomic mass is 10.1. The molecule has 5 nitrogen and oxygen atoms in total. The largest absolute Gasteiger partial charge is 0.378 e. The zero-order valence-corrected chi connectivity index (χ0v) is 8.44. The van der Waals surface area contributed by atoms with Gasteiger partial charge in [0.1, 0.15) is 0 Å². The number of aromatic nitrogens is 3. The third-order valence-electron chi connectivity index (χ3n) is 2.55. The minimum absolute atomic E-state index is 0.403. The van der Waals surface area contributed by atoms with Gasteiger partial charge < -0.3 is 10.5 Å². The number of rotatable bonds is 3. The minimum atomic E-state index is 0.403. The first-order chi connectivity index (χ1) is 6.75. The van der Waals surface area contributed by atoms with Crippen LogP contribution in [0.2, 0.25) is 0 Å². The number of nitrogens with zero attached hydrogens (tertiary/aromatic N) is 3. The van der Waals surface area contributed by atoms with Gasteiger partial charge in [-0.3, -0.25) is 0 Å². The van der Waals surface area contributed by atoms with Crippen molar-refractivity contribution in [3.05, 3.63) is 5.82 Å². The number of hydrogen-bond donors (Lipinski definition) is 1. The lowest BCUT2D eigenvalue weighted by Crippen LogP contribution is -2.07. The Bertz CT molecular complexity index is 284. The first kappa shape index (κ1) is 9.45. The van der Waals surface area contributed by atoms with Crippen molar-refractivity contribution in [3.8, 4) is 0 Å². The Morgan fingerprint density at radius 3 is 3.07 bits per heavy atom. The Morgan fingerprint density at radius 1 is 1.64 bits per heavy atom. The molecule has 5 heteroatoms. The van der Waals surface area contributed by atoms with E-state index in [0.29, 0.717) is 12.1 Å². The molecular weight excluding hydrogens is 180 g/mol. The van der Waals surface area contributed by atoms with Crippen molar-refractivity contribution in [1.82, 2.24) is 14.8 Å². The van der Waals surface area contributed by atoms with Crippen LogP contribution in [0.3, 0.4) is 0 Å². The van der Waals surface area contributed by atoms with Crippen molar-refractivity contribution < 1.29 is 4.74 Å². The molecule has 0 bridgehead atoms. The average Bonchev–Trinajstić information content (AvgIpc) is 2.74. The second-order valence-electron chi connectivity index (χ2n) is 3.68. The lowest BCUT2D eigenvalue weighted by molar-refractivity contribution is 0.104. The number of anilines is 1. The van der Waals surface area contributed by atoms with Gasteiger partial charge in [-0.2, -0.15) is 10.1 Å². The molecule has 14 heavy (non-hydrogen) atoms. The molecule has 1 atom stereocenters. The van der Waals surface area contributed by atoms with Crippen molar-refractivity contribution >= 4 is 5.95 Å². The fourth-order valence-electron chi connectivity index (χ4n) is 1.72. The van der Waals surface area contributed by atoms with E-state index < -0.39 is 0 Å². The van der Waals surface area contributed by atoms with Crippen LogP contribution in [-0.4, -0.2) is 27.5 Å². The third-order valence-corrected chi connectivity index (χ3v) is 2.55. The molecule has 0 aliphatic carbocycles. The van der Waals surface area contributed by atoms with Crippen LogP contribution in [0.4, 0.5) is 5.95 Å². The zero-order valence-electron chi connectivity index (χ0n) is 8.44. The smallest absolute Gasteiger partial charge is 0.218 e. The van der Waals surface area contributed by atoms with Crippen LogP contribution in [0.1, 0.15) is 25.1 Å². The van der Waals surface area contributed by atoms with Crippen LogP contribution in [0.25, 0.3) is 0 Å². The van der Waals surface area contributed by atoms with E-state index in [-0.39, 0.29) is 0 Å². The van der Waals surface area contributed by atoms with Crippen LogP contribution in [0.5, 0.6) is 0 Å². The lowest BCUT2D eigenvalue weighted by Gasteiger charge is -2.05. The topological polar surface area (TPSA) is 66.0 Å². The third kappa shape index (κ3) is 2.04. The maximum Gasteiger partial charge on any atom is 0.218 e. The van der Waals surface area contributed by atoms with Crippen molar-refractivity contribution in [3.63, 3.8) is 0 Å². The molecular formula is C9H16N4O. The Balaban J connectivity index is 1.85. The number of ether oxygens (including phenoxy) is 1. The fourth-order valence-corrected chi connectivity index (χ4v) is 1.72. The Kier molecular flexibility index (Phi) is 2.67. The van der Waals surface area contributed by atoms with E-state index in [1.54, 1.807) is 11.7 Å². The minimum Gasteiger partial charge on any atom is -0.378 e. The summed E-state index contributed by atoms with van der Waals surface area (Å²) >= 11 is 0. The quantitative estimate of drug-likeness (QED) is 0.765. The molecule has 1 aromatic rings. The molecule has 0 aromatic carbocycles. The first-order valence-electron chi connectivity index (χ1n) is 5.02. The molecule has 1 aromatic heterocycles. The van der Waals surface area contributed by atoms with Crippen LogP contribution < -0.4 is 5.73 Å². The summed E-state index contributed by atoms with van der Waals surface area (Å²) in [7, 11) is 1.80. The molecule has 1 aliphatic rings. The van der Waals surface area contributed by atoms with E-state index in [1.165, 1.54) is 12.8 Å². The van der Waals surface area contributed by atoms with Crippen molar-refractivity contribution in [2.24, 2.45) is 7.05 Å². The summed E-state index contributed by atoms with van der Waals surface area (Å²) in [6.07, 6.45) is 4.62. The molecule has 78 valence electrons. The van der Waals surface area contributed by atoms with E-state index in [9.17, 15) is 0 Å². The highest BCUT2D eigenvalue weighted by atomic mass is 16.5. The van der Waals surface area contributed by atoms with E-state index in [2.05, 4.69) is 10.1 Å². The van der Waals surface area contributed by atoms with Gasteiger partial charge in [-0.1, -0.05) is 0 Å². The highest BCUT2D eigenvalue weighted by Crippen LogP contribution is 2.16. The van der Waals surface area contributed by atoms with Gasteiger partial charge in [0.05, 0.1) is 6.10 Å². The molecule has 1 fully saturated rings. The fraction of sp³-hybridized carbons (Fsp3) is 0.778. The van der Waals surface area contributed by atoms with Gasteiger partial charge in [0.2, 0.25) is 5.95 Å². The van der Waals surface area contributed by atoms with Crippen LogP contribution in [0.15, 0.2) is 0 Å². The van der Waals surface area contributed by atoms with Crippen molar-refractivity contribution in [2.45, 2.75) is 31.8 Å². The number of aryl methyl sites for hydroxylation is 2. The Hall–Kier alpha value is -1.10. The zero-order chi connectivity index (χ0) is 9.97. The second-order valence-corrected chi connectivity index (χ2v) is 3.68. The molecule has 2 N–H and O–H groups in total. The van der Waals surface area contributed by atoms with Crippen molar-refractivity contribution in [1.29, 1.82) is 0 Å². The normalized spacial score (nSPS) is 21.6.